The molecule has 2 N–H and O–H groups in total. The van der Waals surface area contributed by atoms with Gasteiger partial charge in [0.25, 0.3) is 0 Å². The Hall–Kier alpha value is -1.52. The van der Waals surface area contributed by atoms with Crippen LogP contribution in [-0.2, 0) is 11.2 Å². The highest BCUT2D eigenvalue weighted by Gasteiger charge is 2.08. The first-order chi connectivity index (χ1) is 9.56. The molecular weight excluding hydrogens is 274 g/mol. The Morgan fingerprint density at radius 2 is 2.20 bits per heavy atom. The van der Waals surface area contributed by atoms with Crippen molar-refractivity contribution in [1.82, 2.24) is 15.2 Å². The van der Waals surface area contributed by atoms with Gasteiger partial charge in [0.15, 0.2) is 0 Å². The van der Waals surface area contributed by atoms with Gasteiger partial charge >= 0.3 is 0 Å². The lowest BCUT2D eigenvalue weighted by molar-refractivity contribution is -0.120. The first kappa shape index (κ1) is 14.9. The molecule has 0 spiro atoms. The number of amides is 1. The van der Waals surface area contributed by atoms with Gasteiger partial charge in [-0.2, -0.15) is 0 Å². The molecular formula is C15H20ClN3O. The maximum atomic E-state index is 11.9. The molecule has 108 valence electrons. The minimum absolute atomic E-state index is 0.0460. The summed E-state index contributed by atoms with van der Waals surface area (Å²) in [5, 5.41) is 4.64. The van der Waals surface area contributed by atoms with Crippen LogP contribution >= 0.6 is 11.6 Å². The van der Waals surface area contributed by atoms with E-state index >= 15 is 0 Å². The highest BCUT2D eigenvalue weighted by atomic mass is 35.5. The molecule has 1 amide bonds. The minimum Gasteiger partial charge on any atom is -0.361 e. The molecule has 1 aromatic heterocycles. The summed E-state index contributed by atoms with van der Waals surface area (Å²) in [5.74, 6) is 0.0460. The Bertz CT molecular complexity index is 592. The fraction of sp³-hybridized carbons (Fsp3) is 0.400. The van der Waals surface area contributed by atoms with Gasteiger partial charge in [-0.05, 0) is 50.8 Å². The van der Waals surface area contributed by atoms with E-state index < -0.39 is 0 Å². The molecule has 4 nitrogen and oxygen atoms in total. The van der Waals surface area contributed by atoms with E-state index in [1.807, 2.05) is 38.5 Å². The van der Waals surface area contributed by atoms with Crippen molar-refractivity contribution in [3.05, 3.63) is 35.0 Å². The summed E-state index contributed by atoms with van der Waals surface area (Å²) in [6.07, 6.45) is 3.21. The smallest absolute Gasteiger partial charge is 0.224 e. The molecule has 0 fully saturated rings. The third kappa shape index (κ3) is 3.99. The monoisotopic (exact) mass is 293 g/mol. The van der Waals surface area contributed by atoms with Crippen molar-refractivity contribution < 1.29 is 4.79 Å². The van der Waals surface area contributed by atoms with E-state index in [1.165, 1.54) is 0 Å². The lowest BCUT2D eigenvalue weighted by Gasteiger charge is -2.09. The van der Waals surface area contributed by atoms with E-state index in [1.54, 1.807) is 0 Å². The third-order valence-corrected chi connectivity index (χ3v) is 3.42. The lowest BCUT2D eigenvalue weighted by Crippen LogP contribution is -2.28. The summed E-state index contributed by atoms with van der Waals surface area (Å²) in [5.41, 5.74) is 1.98. The van der Waals surface area contributed by atoms with E-state index in [9.17, 15) is 4.79 Å². The molecule has 0 atom stereocenters. The zero-order valence-corrected chi connectivity index (χ0v) is 12.6. The highest BCUT2D eigenvalue weighted by molar-refractivity contribution is 6.31. The summed E-state index contributed by atoms with van der Waals surface area (Å²) in [7, 11) is 4.05. The lowest BCUT2D eigenvalue weighted by atomic mass is 10.1. The van der Waals surface area contributed by atoms with E-state index in [0.29, 0.717) is 18.0 Å². The van der Waals surface area contributed by atoms with E-state index in [-0.39, 0.29) is 5.91 Å². The molecule has 0 aliphatic heterocycles. The van der Waals surface area contributed by atoms with Crippen LogP contribution in [0.3, 0.4) is 0 Å². The molecule has 2 aromatic rings. The molecule has 1 heterocycles. The number of aromatic amines is 1. The van der Waals surface area contributed by atoms with Crippen molar-refractivity contribution in [1.29, 1.82) is 0 Å². The zero-order chi connectivity index (χ0) is 14.5. The van der Waals surface area contributed by atoms with Gasteiger partial charge in [0, 0.05) is 28.7 Å². The first-order valence-corrected chi connectivity index (χ1v) is 7.11. The molecule has 20 heavy (non-hydrogen) atoms. The van der Waals surface area contributed by atoms with Crippen molar-refractivity contribution in [2.75, 3.05) is 27.2 Å². The number of H-pyrrole nitrogens is 1. The fourth-order valence-corrected chi connectivity index (χ4v) is 2.33. The molecule has 0 aliphatic rings. The molecule has 0 aliphatic carbocycles. The Morgan fingerprint density at radius 1 is 1.40 bits per heavy atom. The largest absolute Gasteiger partial charge is 0.361 e. The highest BCUT2D eigenvalue weighted by Crippen LogP contribution is 2.22. The van der Waals surface area contributed by atoms with Crippen molar-refractivity contribution in [3.8, 4) is 0 Å². The third-order valence-electron chi connectivity index (χ3n) is 3.18. The SMILES string of the molecule is CN(C)CCCNC(=O)Cc1c[nH]c2ccc(Cl)cc12. The van der Waals surface area contributed by atoms with Gasteiger partial charge in [-0.1, -0.05) is 11.6 Å². The van der Waals surface area contributed by atoms with Crippen LogP contribution in [0.1, 0.15) is 12.0 Å². The fourth-order valence-electron chi connectivity index (χ4n) is 2.16. The predicted octanol–water partition coefficient (Wildman–Crippen LogP) is 2.43. The summed E-state index contributed by atoms with van der Waals surface area (Å²) in [6, 6.07) is 5.66. The minimum atomic E-state index is 0.0460. The van der Waals surface area contributed by atoms with Crippen molar-refractivity contribution in [3.63, 3.8) is 0 Å². The molecule has 0 bridgehead atoms. The number of rotatable bonds is 6. The Kier molecular flexibility index (Phi) is 5.04. The quantitative estimate of drug-likeness (QED) is 0.804. The van der Waals surface area contributed by atoms with Crippen molar-refractivity contribution in [2.24, 2.45) is 0 Å². The summed E-state index contributed by atoms with van der Waals surface area (Å²) in [6.45, 7) is 1.68. The van der Waals surface area contributed by atoms with E-state index in [2.05, 4.69) is 15.2 Å². The van der Waals surface area contributed by atoms with Crippen molar-refractivity contribution in [2.45, 2.75) is 12.8 Å². The normalized spacial score (nSPS) is 11.2. The van der Waals surface area contributed by atoms with Crippen LogP contribution in [0.4, 0.5) is 0 Å². The number of carbonyl (C=O) groups excluding carboxylic acids is 1. The predicted molar refractivity (Wildman–Crippen MR) is 83.2 cm³/mol. The summed E-state index contributed by atoms with van der Waals surface area (Å²) >= 11 is 6.00. The molecule has 0 saturated heterocycles. The maximum Gasteiger partial charge on any atom is 0.224 e. The van der Waals surface area contributed by atoms with Crippen LogP contribution in [0.25, 0.3) is 10.9 Å². The zero-order valence-electron chi connectivity index (χ0n) is 11.9. The summed E-state index contributed by atoms with van der Waals surface area (Å²) < 4.78 is 0. The number of aromatic nitrogens is 1. The van der Waals surface area contributed by atoms with Gasteiger partial charge in [0.05, 0.1) is 6.42 Å². The van der Waals surface area contributed by atoms with Gasteiger partial charge in [0.1, 0.15) is 0 Å². The van der Waals surface area contributed by atoms with Crippen molar-refractivity contribution >= 4 is 28.4 Å². The number of nitrogens with zero attached hydrogens (tertiary/aromatic N) is 1. The number of fused-ring (bicyclic) bond motifs is 1. The molecule has 0 unspecified atom stereocenters. The topological polar surface area (TPSA) is 48.1 Å². The molecule has 5 heteroatoms. The number of hydrogen-bond donors (Lipinski definition) is 2. The van der Waals surface area contributed by atoms with Crippen LogP contribution in [-0.4, -0.2) is 43.0 Å². The second-order valence-corrected chi connectivity index (χ2v) is 5.62. The number of halogens is 1. The van der Waals surface area contributed by atoms with Crippen LogP contribution in [0.2, 0.25) is 5.02 Å². The Labute approximate surface area is 124 Å². The second kappa shape index (κ2) is 6.77. The van der Waals surface area contributed by atoms with Crippen LogP contribution in [0.15, 0.2) is 24.4 Å². The number of benzene rings is 1. The van der Waals surface area contributed by atoms with E-state index in [0.717, 1.165) is 29.4 Å². The molecule has 0 saturated carbocycles. The number of carbonyl (C=O) groups is 1. The van der Waals surface area contributed by atoms with Gasteiger partial charge in [0.2, 0.25) is 5.91 Å². The Morgan fingerprint density at radius 3 is 2.95 bits per heavy atom. The number of nitrogens with one attached hydrogen (secondary N) is 2. The first-order valence-electron chi connectivity index (χ1n) is 6.73. The molecule has 0 radical (unpaired) electrons. The molecule has 2 rings (SSSR count). The van der Waals surface area contributed by atoms with Gasteiger partial charge in [-0.3, -0.25) is 4.79 Å². The summed E-state index contributed by atoms with van der Waals surface area (Å²) in [4.78, 5) is 17.2. The van der Waals surface area contributed by atoms with Crippen LogP contribution < -0.4 is 5.32 Å². The van der Waals surface area contributed by atoms with Gasteiger partial charge in [-0.25, -0.2) is 0 Å². The standard InChI is InChI=1S/C15H20ClN3O/c1-19(2)7-3-6-17-15(20)8-11-10-18-14-5-4-12(16)9-13(11)14/h4-5,9-10,18H,3,6-8H2,1-2H3,(H,17,20). The average Bonchev–Trinajstić information content (AvgIpc) is 2.77. The van der Waals surface area contributed by atoms with Gasteiger partial charge < -0.3 is 15.2 Å². The Balaban J connectivity index is 1.91. The maximum absolute atomic E-state index is 11.9. The van der Waals surface area contributed by atoms with Crippen LogP contribution in [0, 0.1) is 0 Å². The van der Waals surface area contributed by atoms with E-state index in [4.69, 9.17) is 11.6 Å². The van der Waals surface area contributed by atoms with Gasteiger partial charge in [-0.15, -0.1) is 0 Å². The molecule has 1 aromatic carbocycles. The average molecular weight is 294 g/mol. The van der Waals surface area contributed by atoms with Crippen LogP contribution in [0.5, 0.6) is 0 Å². The number of hydrogen-bond acceptors (Lipinski definition) is 2. The second-order valence-electron chi connectivity index (χ2n) is 5.19.